The van der Waals surface area contributed by atoms with Crippen LogP contribution >= 0.6 is 0 Å². The molecule has 0 radical (unpaired) electrons. The van der Waals surface area contributed by atoms with E-state index in [2.05, 4.69) is 25.3 Å². The summed E-state index contributed by atoms with van der Waals surface area (Å²) in [4.78, 5) is 22.5. The number of carbonyl (C=O) groups excluding carboxylic acids is 1. The summed E-state index contributed by atoms with van der Waals surface area (Å²) >= 11 is 0. The molecule has 1 fully saturated rings. The number of carbonyl (C=O) groups is 1. The summed E-state index contributed by atoms with van der Waals surface area (Å²) < 4.78 is 29.6. The maximum atomic E-state index is 13.2. The van der Waals surface area contributed by atoms with E-state index in [0.717, 1.165) is 17.1 Å². The van der Waals surface area contributed by atoms with Gasteiger partial charge in [-0.2, -0.15) is 9.40 Å². The molecule has 0 spiro atoms. The van der Waals surface area contributed by atoms with Crippen molar-refractivity contribution in [2.75, 3.05) is 36.4 Å². The lowest BCUT2D eigenvalue weighted by Crippen LogP contribution is -2.49. The molecule has 166 valence electrons. The van der Waals surface area contributed by atoms with E-state index < -0.39 is 10.0 Å². The van der Waals surface area contributed by atoms with Gasteiger partial charge >= 0.3 is 0 Å². The molecule has 1 saturated heterocycles. The third-order valence-electron chi connectivity index (χ3n) is 5.77. The third-order valence-corrected chi connectivity index (χ3v) is 7.66. The second-order valence-electron chi connectivity index (χ2n) is 7.89. The summed E-state index contributed by atoms with van der Waals surface area (Å²) in [5.41, 5.74) is 2.44. The molecule has 1 N–H and O–H groups in total. The fourth-order valence-corrected chi connectivity index (χ4v) is 5.48. The highest BCUT2D eigenvalue weighted by Crippen LogP contribution is 2.28. The number of anilines is 2. The van der Waals surface area contributed by atoms with E-state index in [-0.39, 0.29) is 10.8 Å². The number of fused-ring (bicyclic) bond motifs is 1. The Balaban J connectivity index is 1.30. The minimum Gasteiger partial charge on any atom is -0.354 e. The topological polar surface area (TPSA) is 113 Å². The van der Waals surface area contributed by atoms with Crippen LogP contribution in [0.15, 0.2) is 47.8 Å². The van der Waals surface area contributed by atoms with Crippen LogP contribution in [0.2, 0.25) is 0 Å². The highest BCUT2D eigenvalue weighted by molar-refractivity contribution is 7.89. The normalized spacial score (nSPS) is 17.2. The lowest BCUT2D eigenvalue weighted by Gasteiger charge is -2.34. The first-order valence-corrected chi connectivity index (χ1v) is 11.9. The van der Waals surface area contributed by atoms with Crippen LogP contribution in [0, 0.1) is 6.92 Å². The van der Waals surface area contributed by atoms with Crippen LogP contribution in [0.4, 0.5) is 11.5 Å². The molecule has 32 heavy (non-hydrogen) atoms. The summed E-state index contributed by atoms with van der Waals surface area (Å²) in [5.74, 6) is 1.36. The van der Waals surface area contributed by atoms with Gasteiger partial charge in [-0.25, -0.2) is 23.1 Å². The van der Waals surface area contributed by atoms with E-state index in [1.807, 2.05) is 25.3 Å². The van der Waals surface area contributed by atoms with Crippen LogP contribution in [0.1, 0.15) is 17.7 Å². The van der Waals surface area contributed by atoms with E-state index in [9.17, 15) is 13.2 Å². The smallest absolute Gasteiger partial charge is 0.243 e. The van der Waals surface area contributed by atoms with Gasteiger partial charge in [0, 0.05) is 50.6 Å². The van der Waals surface area contributed by atoms with Crippen molar-refractivity contribution in [3.05, 3.63) is 54.1 Å². The quantitative estimate of drug-likeness (QED) is 0.635. The Morgan fingerprint density at radius 1 is 0.969 bits per heavy atom. The van der Waals surface area contributed by atoms with Crippen molar-refractivity contribution in [1.29, 1.82) is 0 Å². The largest absolute Gasteiger partial charge is 0.354 e. The Morgan fingerprint density at radius 2 is 1.75 bits per heavy atom. The number of amides is 1. The molecule has 0 bridgehead atoms. The van der Waals surface area contributed by atoms with Gasteiger partial charge in [0.15, 0.2) is 5.82 Å². The number of rotatable bonds is 4. The lowest BCUT2D eigenvalue weighted by molar-refractivity contribution is -0.116. The van der Waals surface area contributed by atoms with Crippen LogP contribution in [0.25, 0.3) is 5.82 Å². The molecule has 5 rings (SSSR count). The molecule has 10 nitrogen and oxygen atoms in total. The predicted molar refractivity (Wildman–Crippen MR) is 118 cm³/mol. The molecule has 4 heterocycles. The number of nitrogens with zero attached hydrogens (tertiary/aromatic N) is 6. The lowest BCUT2D eigenvalue weighted by atomic mass is 10.0. The van der Waals surface area contributed by atoms with Crippen LogP contribution in [-0.4, -0.2) is 64.6 Å². The number of aryl methyl sites for hydroxylation is 2. The number of hydrogen-bond donors (Lipinski definition) is 1. The van der Waals surface area contributed by atoms with Gasteiger partial charge in [0.1, 0.15) is 12.1 Å². The molecule has 2 aliphatic rings. The number of nitrogens with one attached hydrogen (secondary N) is 1. The van der Waals surface area contributed by atoms with Gasteiger partial charge in [0.2, 0.25) is 15.9 Å². The zero-order chi connectivity index (χ0) is 22.3. The Kier molecular flexibility index (Phi) is 5.14. The molecular weight excluding hydrogens is 430 g/mol. The first-order valence-electron chi connectivity index (χ1n) is 10.4. The van der Waals surface area contributed by atoms with Crippen molar-refractivity contribution in [2.45, 2.75) is 24.7 Å². The molecule has 2 aromatic heterocycles. The van der Waals surface area contributed by atoms with Crippen molar-refractivity contribution in [1.82, 2.24) is 24.1 Å². The van der Waals surface area contributed by atoms with Crippen LogP contribution in [0.5, 0.6) is 0 Å². The van der Waals surface area contributed by atoms with Crippen LogP contribution < -0.4 is 10.2 Å². The summed E-state index contributed by atoms with van der Waals surface area (Å²) in [5, 5.41) is 7.16. The monoisotopic (exact) mass is 453 g/mol. The average Bonchev–Trinajstić information content (AvgIpc) is 3.25. The summed E-state index contributed by atoms with van der Waals surface area (Å²) in [6, 6.07) is 8.68. The first kappa shape index (κ1) is 20.6. The highest BCUT2D eigenvalue weighted by atomic mass is 32.2. The number of piperazine rings is 1. The van der Waals surface area contributed by atoms with Crippen LogP contribution in [0.3, 0.4) is 0 Å². The molecule has 0 unspecified atom stereocenters. The minimum atomic E-state index is -3.62. The Morgan fingerprint density at radius 3 is 2.50 bits per heavy atom. The zero-order valence-electron chi connectivity index (χ0n) is 17.6. The van der Waals surface area contributed by atoms with E-state index in [1.165, 1.54) is 10.6 Å². The van der Waals surface area contributed by atoms with Gasteiger partial charge < -0.3 is 10.2 Å². The summed E-state index contributed by atoms with van der Waals surface area (Å²) in [6.07, 6.45) is 4.25. The maximum Gasteiger partial charge on any atom is 0.243 e. The van der Waals surface area contributed by atoms with E-state index >= 15 is 0 Å². The van der Waals surface area contributed by atoms with Crippen molar-refractivity contribution in [2.24, 2.45) is 0 Å². The first-order chi connectivity index (χ1) is 15.4. The number of sulfonamides is 1. The van der Waals surface area contributed by atoms with Crippen molar-refractivity contribution < 1.29 is 13.2 Å². The molecule has 1 aromatic carbocycles. The summed E-state index contributed by atoms with van der Waals surface area (Å²) in [6.45, 7) is 3.67. The van der Waals surface area contributed by atoms with E-state index in [4.69, 9.17) is 0 Å². The van der Waals surface area contributed by atoms with Gasteiger partial charge in [0.05, 0.1) is 10.6 Å². The van der Waals surface area contributed by atoms with Gasteiger partial charge in [-0.05, 0) is 43.2 Å². The van der Waals surface area contributed by atoms with Crippen molar-refractivity contribution >= 4 is 27.4 Å². The molecule has 0 atom stereocenters. The number of hydrogen-bond acceptors (Lipinski definition) is 7. The average molecular weight is 454 g/mol. The minimum absolute atomic E-state index is 0.0419. The van der Waals surface area contributed by atoms with Gasteiger partial charge in [-0.15, -0.1) is 0 Å². The Bertz CT molecular complexity index is 1280. The Labute approximate surface area is 185 Å². The van der Waals surface area contributed by atoms with E-state index in [1.54, 1.807) is 22.9 Å². The second-order valence-corrected chi connectivity index (χ2v) is 9.83. The second kappa shape index (κ2) is 7.99. The maximum absolute atomic E-state index is 13.2. The molecule has 11 heteroatoms. The molecular formula is C21H23N7O3S. The van der Waals surface area contributed by atoms with Crippen molar-refractivity contribution in [3.8, 4) is 5.82 Å². The molecule has 2 aliphatic heterocycles. The number of benzene rings is 1. The highest BCUT2D eigenvalue weighted by Gasteiger charge is 2.30. The van der Waals surface area contributed by atoms with Gasteiger partial charge in [0.25, 0.3) is 0 Å². The molecule has 3 aromatic rings. The van der Waals surface area contributed by atoms with Crippen LogP contribution in [-0.2, 0) is 21.2 Å². The SMILES string of the molecule is Cc1ccn(-c2cc(N3CCN(S(=O)(=O)c4ccc5c(c4)CCC(=O)N5)CC3)ncn2)n1. The fraction of sp³-hybridized carbons (Fsp3) is 0.333. The molecule has 0 aliphatic carbocycles. The Hall–Kier alpha value is -3.31. The summed E-state index contributed by atoms with van der Waals surface area (Å²) in [7, 11) is -3.62. The predicted octanol–water partition coefficient (Wildman–Crippen LogP) is 1.37. The van der Waals surface area contributed by atoms with E-state index in [0.29, 0.717) is 50.5 Å². The fourth-order valence-electron chi connectivity index (χ4n) is 4.00. The molecule has 1 amide bonds. The number of aromatic nitrogens is 4. The van der Waals surface area contributed by atoms with Gasteiger partial charge in [-0.3, -0.25) is 4.79 Å². The zero-order valence-corrected chi connectivity index (χ0v) is 18.4. The third kappa shape index (κ3) is 3.84. The van der Waals surface area contributed by atoms with Crippen molar-refractivity contribution in [3.63, 3.8) is 0 Å². The standard InChI is InChI=1S/C21H23N7O3S/c1-15-6-7-28(25-15)20-13-19(22-14-23-20)26-8-10-27(11-9-26)32(30,31)17-3-4-18-16(12-17)2-5-21(29)24-18/h3-4,6-7,12-14H,2,5,8-11H2,1H3,(H,24,29). The molecule has 0 saturated carbocycles. The van der Waals surface area contributed by atoms with Gasteiger partial charge in [-0.1, -0.05) is 0 Å².